The van der Waals surface area contributed by atoms with Crippen LogP contribution in [0.25, 0.3) is 22.3 Å². The molecule has 2 aliphatic rings. The number of piperidine rings is 1. The van der Waals surface area contributed by atoms with E-state index in [1.54, 1.807) is 19.2 Å². The summed E-state index contributed by atoms with van der Waals surface area (Å²) in [6, 6.07) is 9.53. The molecule has 1 aliphatic heterocycles. The summed E-state index contributed by atoms with van der Waals surface area (Å²) in [7, 11) is 3.65. The van der Waals surface area contributed by atoms with Crippen molar-refractivity contribution in [2.24, 2.45) is 0 Å². The average molecular weight is 587 g/mol. The second-order valence-corrected chi connectivity index (χ2v) is 12.4. The van der Waals surface area contributed by atoms with Crippen molar-refractivity contribution in [2.75, 3.05) is 32.6 Å². The summed E-state index contributed by atoms with van der Waals surface area (Å²) < 4.78 is 23.4. The monoisotopic (exact) mass is 586 g/mol. The number of amides is 1. The van der Waals surface area contributed by atoms with Crippen LogP contribution >= 0.6 is 0 Å². The highest BCUT2D eigenvalue weighted by Gasteiger charge is 2.32. The van der Waals surface area contributed by atoms with Crippen LogP contribution in [0.1, 0.15) is 79.0 Å². The molecule has 1 aromatic carbocycles. The Morgan fingerprint density at radius 1 is 1.12 bits per heavy atom. The molecule has 1 saturated carbocycles. The molecule has 3 aromatic heterocycles. The normalized spacial score (nSPS) is 21.7. The first-order chi connectivity index (χ1) is 20.6. The number of aliphatic hydroxyl groups is 1. The van der Waals surface area contributed by atoms with Gasteiger partial charge in [-0.25, -0.2) is 14.4 Å². The lowest BCUT2D eigenvalue weighted by Crippen LogP contribution is -2.32. The molecule has 2 N–H and O–H groups in total. The van der Waals surface area contributed by atoms with Gasteiger partial charge < -0.3 is 19.3 Å². The lowest BCUT2D eigenvalue weighted by Gasteiger charge is -2.34. The number of aryl methyl sites for hydroxylation is 1. The Hall–Kier alpha value is -3.89. The fourth-order valence-electron chi connectivity index (χ4n) is 6.56. The zero-order valence-corrected chi connectivity index (χ0v) is 25.2. The summed E-state index contributed by atoms with van der Waals surface area (Å²) in [5, 5.41) is 13.6. The third-order valence-electron chi connectivity index (χ3n) is 9.11. The molecule has 0 bridgehead atoms. The van der Waals surface area contributed by atoms with E-state index >= 15 is 4.39 Å². The van der Waals surface area contributed by atoms with E-state index in [1.807, 2.05) is 6.92 Å². The number of rotatable bonds is 6. The number of benzene rings is 1. The van der Waals surface area contributed by atoms with Crippen LogP contribution in [-0.2, 0) is 0 Å². The first-order valence-corrected chi connectivity index (χ1v) is 15.0. The highest BCUT2D eigenvalue weighted by Crippen LogP contribution is 2.40. The van der Waals surface area contributed by atoms with E-state index in [0.717, 1.165) is 49.8 Å². The summed E-state index contributed by atoms with van der Waals surface area (Å²) >= 11 is 0. The predicted molar refractivity (Wildman–Crippen MR) is 164 cm³/mol. The zero-order chi connectivity index (χ0) is 30.3. The Morgan fingerprint density at radius 2 is 1.86 bits per heavy atom. The van der Waals surface area contributed by atoms with Crippen molar-refractivity contribution in [1.29, 1.82) is 0 Å². The molecule has 10 heteroatoms. The largest absolute Gasteiger partial charge is 0.496 e. The minimum atomic E-state index is -0.754. The summed E-state index contributed by atoms with van der Waals surface area (Å²) in [5.74, 6) is -0.113. The Morgan fingerprint density at radius 3 is 2.58 bits per heavy atom. The van der Waals surface area contributed by atoms with Gasteiger partial charge >= 0.3 is 0 Å². The molecule has 1 amide bonds. The number of carbonyl (C=O) groups is 1. The van der Waals surface area contributed by atoms with Gasteiger partial charge in [0.1, 0.15) is 11.4 Å². The number of halogens is 1. The highest BCUT2D eigenvalue weighted by molar-refractivity contribution is 6.05. The number of ether oxygens (including phenoxy) is 1. The number of methoxy groups -OCH3 is 1. The SMILES string of the molecule is COc1ccncc1-c1nc(C)cc(C(=O)Nc2nc3cc(C4CCN(C)CC4)ccc3n2C2CCC(C)(O)CC2)c1F. The summed E-state index contributed by atoms with van der Waals surface area (Å²) in [6.07, 6.45) is 7.99. The number of nitrogens with one attached hydrogen (secondary N) is 1. The maximum absolute atomic E-state index is 16.0. The highest BCUT2D eigenvalue weighted by atomic mass is 19.1. The number of nitrogens with zero attached hydrogens (tertiary/aromatic N) is 5. The molecule has 1 saturated heterocycles. The van der Waals surface area contributed by atoms with Crippen molar-refractivity contribution in [3.8, 4) is 17.0 Å². The van der Waals surface area contributed by atoms with Gasteiger partial charge in [-0.1, -0.05) is 6.07 Å². The summed E-state index contributed by atoms with van der Waals surface area (Å²) in [6.45, 7) is 5.71. The third-order valence-corrected chi connectivity index (χ3v) is 9.11. The number of likely N-dealkylation sites (tertiary alicyclic amines) is 1. The molecule has 43 heavy (non-hydrogen) atoms. The van der Waals surface area contributed by atoms with E-state index in [1.165, 1.54) is 24.9 Å². The number of aromatic nitrogens is 4. The molecule has 0 spiro atoms. The van der Waals surface area contributed by atoms with Gasteiger partial charge in [0, 0.05) is 24.1 Å². The van der Waals surface area contributed by atoms with E-state index in [2.05, 4.69) is 50.0 Å². The van der Waals surface area contributed by atoms with E-state index in [0.29, 0.717) is 41.7 Å². The van der Waals surface area contributed by atoms with Crippen LogP contribution in [0.5, 0.6) is 5.75 Å². The first-order valence-electron chi connectivity index (χ1n) is 15.0. The van der Waals surface area contributed by atoms with Crippen molar-refractivity contribution < 1.29 is 19.0 Å². The van der Waals surface area contributed by atoms with Crippen molar-refractivity contribution in [2.45, 2.75) is 69.9 Å². The number of carbonyl (C=O) groups excluding carboxylic acids is 1. The van der Waals surface area contributed by atoms with Gasteiger partial charge in [0.05, 0.1) is 34.9 Å². The first kappa shape index (κ1) is 29.2. The van der Waals surface area contributed by atoms with Crippen LogP contribution in [0, 0.1) is 12.7 Å². The number of fused-ring (bicyclic) bond motifs is 1. The average Bonchev–Trinajstić information content (AvgIpc) is 3.35. The molecule has 0 unspecified atom stereocenters. The molecule has 2 fully saturated rings. The topological polar surface area (TPSA) is 105 Å². The van der Waals surface area contributed by atoms with Crippen LogP contribution < -0.4 is 10.1 Å². The second kappa shape index (κ2) is 11.7. The van der Waals surface area contributed by atoms with Crippen LogP contribution in [0.15, 0.2) is 42.7 Å². The van der Waals surface area contributed by atoms with E-state index in [4.69, 9.17) is 9.72 Å². The maximum atomic E-state index is 16.0. The fourth-order valence-corrected chi connectivity index (χ4v) is 6.56. The van der Waals surface area contributed by atoms with Crippen LogP contribution in [0.4, 0.5) is 10.3 Å². The molecule has 9 nitrogen and oxygen atoms in total. The lowest BCUT2D eigenvalue weighted by atomic mass is 9.83. The van der Waals surface area contributed by atoms with Crippen LogP contribution in [-0.4, -0.2) is 68.3 Å². The molecule has 4 heterocycles. The van der Waals surface area contributed by atoms with E-state index in [9.17, 15) is 9.90 Å². The minimum Gasteiger partial charge on any atom is -0.496 e. The number of hydrogen-bond donors (Lipinski definition) is 2. The van der Waals surface area contributed by atoms with Crippen LogP contribution in [0.3, 0.4) is 0 Å². The number of pyridine rings is 2. The van der Waals surface area contributed by atoms with E-state index in [-0.39, 0.29) is 17.3 Å². The molecule has 4 aromatic rings. The molecular weight excluding hydrogens is 547 g/mol. The minimum absolute atomic E-state index is 0.000818. The van der Waals surface area contributed by atoms with Crippen molar-refractivity contribution in [1.82, 2.24) is 24.4 Å². The maximum Gasteiger partial charge on any atom is 0.261 e. The van der Waals surface area contributed by atoms with Gasteiger partial charge in [-0.3, -0.25) is 15.1 Å². The molecular formula is C33H39FN6O3. The van der Waals surface area contributed by atoms with Crippen molar-refractivity contribution in [3.63, 3.8) is 0 Å². The standard InChI is InChI=1S/C33H39FN6O3/c1-20-17-24(29(34)30(36-20)25-19-35-14-9-28(25)43-4)31(41)38-32-37-26-18-22(21-10-15-39(3)16-11-21)5-6-27(26)40(32)23-7-12-33(2,42)13-8-23/h5-6,9,14,17-19,21,23,42H,7-8,10-13,15-16H2,1-4H3,(H,37,38,41). The van der Waals surface area contributed by atoms with Crippen molar-refractivity contribution in [3.05, 3.63) is 65.4 Å². The molecule has 1 aliphatic carbocycles. The Balaban J connectivity index is 1.38. The smallest absolute Gasteiger partial charge is 0.261 e. The number of anilines is 1. The third kappa shape index (κ3) is 5.86. The van der Waals surface area contributed by atoms with Gasteiger partial charge in [-0.05, 0) is 108 Å². The predicted octanol–water partition coefficient (Wildman–Crippen LogP) is 5.88. The van der Waals surface area contributed by atoms with Gasteiger partial charge in [0.15, 0.2) is 5.82 Å². The Kier molecular flexibility index (Phi) is 7.91. The fraction of sp³-hybridized carbons (Fsp3) is 0.455. The van der Waals surface area contributed by atoms with Gasteiger partial charge in [0.2, 0.25) is 5.95 Å². The quantitative estimate of drug-likeness (QED) is 0.291. The number of imidazole rings is 1. The molecule has 6 rings (SSSR count). The lowest BCUT2D eigenvalue weighted by molar-refractivity contribution is 0.0106. The van der Waals surface area contributed by atoms with Gasteiger partial charge in [-0.2, -0.15) is 0 Å². The molecule has 0 atom stereocenters. The van der Waals surface area contributed by atoms with Gasteiger partial charge in [0.25, 0.3) is 5.91 Å². The Bertz CT molecular complexity index is 1650. The second-order valence-electron chi connectivity index (χ2n) is 12.4. The molecule has 226 valence electrons. The summed E-state index contributed by atoms with van der Waals surface area (Å²) in [4.78, 5) is 29.5. The van der Waals surface area contributed by atoms with Crippen molar-refractivity contribution >= 4 is 22.9 Å². The van der Waals surface area contributed by atoms with Gasteiger partial charge in [-0.15, -0.1) is 0 Å². The van der Waals surface area contributed by atoms with Crippen LogP contribution in [0.2, 0.25) is 0 Å². The number of hydrogen-bond acceptors (Lipinski definition) is 7. The summed E-state index contributed by atoms with van der Waals surface area (Å²) in [5.41, 5.74) is 2.98. The van der Waals surface area contributed by atoms with E-state index < -0.39 is 17.3 Å². The Labute approximate surface area is 251 Å². The molecule has 0 radical (unpaired) electrons. The zero-order valence-electron chi connectivity index (χ0n) is 25.2.